The summed E-state index contributed by atoms with van der Waals surface area (Å²) in [5.74, 6) is -1.01. The van der Waals surface area contributed by atoms with Gasteiger partial charge in [-0.25, -0.2) is 9.48 Å². The zero-order chi connectivity index (χ0) is 15.5. The third-order valence-corrected chi connectivity index (χ3v) is 3.27. The number of carboxylic acids is 1. The Kier molecular flexibility index (Phi) is 3.67. The highest BCUT2D eigenvalue weighted by Crippen LogP contribution is 2.25. The van der Waals surface area contributed by atoms with Crippen molar-refractivity contribution in [3.05, 3.63) is 65.9 Å². The Bertz CT molecular complexity index is 813. The van der Waals surface area contributed by atoms with Gasteiger partial charge < -0.3 is 10.2 Å². The molecule has 1 heterocycles. The number of aliphatic hydroxyl groups is 1. The van der Waals surface area contributed by atoms with Gasteiger partial charge in [0, 0.05) is 5.56 Å². The van der Waals surface area contributed by atoms with Crippen LogP contribution in [0.1, 0.15) is 16.1 Å². The van der Waals surface area contributed by atoms with Crippen molar-refractivity contribution in [1.82, 2.24) is 15.0 Å². The number of hydrogen-bond donors (Lipinski definition) is 2. The van der Waals surface area contributed by atoms with Crippen LogP contribution in [-0.4, -0.2) is 31.2 Å². The molecule has 22 heavy (non-hydrogen) atoms. The van der Waals surface area contributed by atoms with E-state index in [-0.39, 0.29) is 12.2 Å². The minimum Gasteiger partial charge on any atom is -0.478 e. The lowest BCUT2D eigenvalue weighted by Crippen LogP contribution is -2.03. The van der Waals surface area contributed by atoms with Crippen LogP contribution in [0.15, 0.2) is 54.6 Å². The standard InChI is InChI=1S/C16H13N3O3/c20-10-14-15(11-5-2-1-3-6-11)19(18-17-14)13-8-4-7-12(9-13)16(21)22/h1-9,20H,10H2,(H,21,22). The van der Waals surface area contributed by atoms with Crippen LogP contribution in [0, 0.1) is 0 Å². The highest BCUT2D eigenvalue weighted by atomic mass is 16.4. The topological polar surface area (TPSA) is 88.2 Å². The van der Waals surface area contributed by atoms with Gasteiger partial charge >= 0.3 is 5.97 Å². The van der Waals surface area contributed by atoms with Gasteiger partial charge in [-0.3, -0.25) is 0 Å². The van der Waals surface area contributed by atoms with E-state index in [2.05, 4.69) is 10.3 Å². The van der Waals surface area contributed by atoms with E-state index in [4.69, 9.17) is 5.11 Å². The van der Waals surface area contributed by atoms with Crippen molar-refractivity contribution in [2.75, 3.05) is 0 Å². The first-order valence-corrected chi connectivity index (χ1v) is 6.65. The summed E-state index contributed by atoms with van der Waals surface area (Å²) in [6, 6.07) is 15.8. The maximum Gasteiger partial charge on any atom is 0.335 e. The molecule has 6 heteroatoms. The molecule has 2 N–H and O–H groups in total. The molecule has 2 aromatic carbocycles. The number of aromatic carboxylic acids is 1. The van der Waals surface area contributed by atoms with Crippen LogP contribution in [-0.2, 0) is 6.61 Å². The van der Waals surface area contributed by atoms with E-state index in [0.717, 1.165) is 5.56 Å². The number of rotatable bonds is 4. The molecule has 3 rings (SSSR count). The molecule has 3 aromatic rings. The minimum absolute atomic E-state index is 0.164. The largest absolute Gasteiger partial charge is 0.478 e. The Hall–Kier alpha value is -2.99. The Labute approximate surface area is 126 Å². The lowest BCUT2D eigenvalue weighted by Gasteiger charge is -2.08. The Morgan fingerprint density at radius 1 is 1.09 bits per heavy atom. The maximum absolute atomic E-state index is 11.1. The smallest absolute Gasteiger partial charge is 0.335 e. The normalized spacial score (nSPS) is 10.6. The Balaban J connectivity index is 2.18. The highest BCUT2D eigenvalue weighted by molar-refractivity contribution is 5.88. The molecule has 0 aliphatic heterocycles. The van der Waals surface area contributed by atoms with E-state index < -0.39 is 5.97 Å². The maximum atomic E-state index is 11.1. The molecule has 110 valence electrons. The fourth-order valence-electron chi connectivity index (χ4n) is 2.26. The van der Waals surface area contributed by atoms with Gasteiger partial charge in [0.2, 0.25) is 0 Å². The molecule has 0 bridgehead atoms. The summed E-state index contributed by atoms with van der Waals surface area (Å²) >= 11 is 0. The second-order valence-electron chi connectivity index (χ2n) is 4.68. The third kappa shape index (κ3) is 2.47. The van der Waals surface area contributed by atoms with E-state index in [1.165, 1.54) is 16.8 Å². The van der Waals surface area contributed by atoms with Crippen molar-refractivity contribution >= 4 is 5.97 Å². The Morgan fingerprint density at radius 3 is 2.55 bits per heavy atom. The van der Waals surface area contributed by atoms with E-state index in [1.54, 1.807) is 12.1 Å². The number of carboxylic acid groups (broad SMARTS) is 1. The molecule has 1 aromatic heterocycles. The molecule has 0 saturated carbocycles. The van der Waals surface area contributed by atoms with Crippen molar-refractivity contribution in [3.8, 4) is 16.9 Å². The fourth-order valence-corrected chi connectivity index (χ4v) is 2.26. The second kappa shape index (κ2) is 5.79. The molecule has 0 aliphatic carbocycles. The van der Waals surface area contributed by atoms with Gasteiger partial charge in [-0.2, -0.15) is 0 Å². The lowest BCUT2D eigenvalue weighted by atomic mass is 10.1. The van der Waals surface area contributed by atoms with Crippen LogP contribution < -0.4 is 0 Å². The molecule has 0 atom stereocenters. The SMILES string of the molecule is O=C(O)c1cccc(-n2nnc(CO)c2-c2ccccc2)c1. The van der Waals surface area contributed by atoms with Crippen molar-refractivity contribution < 1.29 is 15.0 Å². The number of aromatic nitrogens is 3. The second-order valence-corrected chi connectivity index (χ2v) is 4.68. The van der Waals surface area contributed by atoms with Gasteiger partial charge in [-0.05, 0) is 18.2 Å². The molecular weight excluding hydrogens is 282 g/mol. The zero-order valence-corrected chi connectivity index (χ0v) is 11.5. The first-order chi connectivity index (χ1) is 10.7. The Morgan fingerprint density at radius 2 is 1.86 bits per heavy atom. The van der Waals surface area contributed by atoms with Crippen LogP contribution in [0.2, 0.25) is 0 Å². The molecule has 0 spiro atoms. The van der Waals surface area contributed by atoms with Gasteiger partial charge in [0.1, 0.15) is 11.4 Å². The molecular formula is C16H13N3O3. The van der Waals surface area contributed by atoms with Crippen molar-refractivity contribution in [3.63, 3.8) is 0 Å². The first-order valence-electron chi connectivity index (χ1n) is 6.65. The fraction of sp³-hybridized carbons (Fsp3) is 0.0625. The van der Waals surface area contributed by atoms with E-state index >= 15 is 0 Å². The van der Waals surface area contributed by atoms with Gasteiger partial charge in [0.05, 0.1) is 17.9 Å². The first kappa shape index (κ1) is 14.0. The van der Waals surface area contributed by atoms with Crippen molar-refractivity contribution in [2.24, 2.45) is 0 Å². The van der Waals surface area contributed by atoms with Crippen LogP contribution >= 0.6 is 0 Å². The summed E-state index contributed by atoms with van der Waals surface area (Å²) in [7, 11) is 0. The van der Waals surface area contributed by atoms with Crippen LogP contribution in [0.25, 0.3) is 16.9 Å². The molecule has 0 fully saturated rings. The van der Waals surface area contributed by atoms with Crippen LogP contribution in [0.5, 0.6) is 0 Å². The average molecular weight is 295 g/mol. The summed E-state index contributed by atoms with van der Waals surface area (Å²) in [5, 5.41) is 26.6. The molecule has 0 amide bonds. The quantitative estimate of drug-likeness (QED) is 0.769. The number of hydrogen-bond acceptors (Lipinski definition) is 4. The van der Waals surface area contributed by atoms with E-state index in [9.17, 15) is 9.90 Å². The van der Waals surface area contributed by atoms with Crippen LogP contribution in [0.3, 0.4) is 0 Å². The summed E-state index contributed by atoms with van der Waals surface area (Å²) in [4.78, 5) is 11.1. The molecule has 0 aliphatic rings. The number of benzene rings is 2. The average Bonchev–Trinajstić information content (AvgIpc) is 2.99. The summed E-state index contributed by atoms with van der Waals surface area (Å²) in [5.41, 5.74) is 2.67. The van der Waals surface area contributed by atoms with Gasteiger partial charge in [-0.15, -0.1) is 5.10 Å². The van der Waals surface area contributed by atoms with Crippen molar-refractivity contribution in [2.45, 2.75) is 6.61 Å². The summed E-state index contributed by atoms with van der Waals surface area (Å²) in [6.07, 6.45) is 0. The number of carbonyl (C=O) groups is 1. The molecule has 6 nitrogen and oxygen atoms in total. The number of aliphatic hydroxyl groups excluding tert-OH is 1. The summed E-state index contributed by atoms with van der Waals surface area (Å²) < 4.78 is 1.54. The number of nitrogens with zero attached hydrogens (tertiary/aromatic N) is 3. The lowest BCUT2D eigenvalue weighted by molar-refractivity contribution is 0.0697. The minimum atomic E-state index is -1.01. The van der Waals surface area contributed by atoms with Gasteiger partial charge in [-0.1, -0.05) is 41.6 Å². The third-order valence-electron chi connectivity index (χ3n) is 3.27. The molecule has 0 radical (unpaired) electrons. The predicted molar refractivity (Wildman–Crippen MR) is 79.7 cm³/mol. The summed E-state index contributed by atoms with van der Waals surface area (Å²) in [6.45, 7) is -0.247. The van der Waals surface area contributed by atoms with Crippen molar-refractivity contribution in [1.29, 1.82) is 0 Å². The highest BCUT2D eigenvalue weighted by Gasteiger charge is 2.16. The van der Waals surface area contributed by atoms with E-state index in [0.29, 0.717) is 17.1 Å². The van der Waals surface area contributed by atoms with Gasteiger partial charge in [0.25, 0.3) is 0 Å². The monoisotopic (exact) mass is 295 g/mol. The zero-order valence-electron chi connectivity index (χ0n) is 11.5. The van der Waals surface area contributed by atoms with Crippen LogP contribution in [0.4, 0.5) is 0 Å². The predicted octanol–water partition coefficient (Wildman–Crippen LogP) is 2.12. The van der Waals surface area contributed by atoms with Gasteiger partial charge in [0.15, 0.2) is 0 Å². The molecule has 0 saturated heterocycles. The molecule has 0 unspecified atom stereocenters. The van der Waals surface area contributed by atoms with E-state index in [1.807, 2.05) is 30.3 Å².